The number of benzene rings is 1. The molecule has 0 atom stereocenters. The molecule has 0 aliphatic carbocycles. The van der Waals surface area contributed by atoms with Gasteiger partial charge < -0.3 is 10.6 Å². The number of hydrogen-bond donors (Lipinski definition) is 1. The highest BCUT2D eigenvalue weighted by Gasteiger charge is 2.19. The van der Waals surface area contributed by atoms with E-state index >= 15 is 0 Å². The van der Waals surface area contributed by atoms with E-state index in [1.807, 2.05) is 25.1 Å². The zero-order valence-electron chi connectivity index (χ0n) is 14.9. The van der Waals surface area contributed by atoms with Crippen LogP contribution in [-0.4, -0.2) is 32.0 Å². The zero-order chi connectivity index (χ0) is 18.8. The molecule has 0 aliphatic heterocycles. The van der Waals surface area contributed by atoms with Crippen molar-refractivity contribution in [3.8, 4) is 11.1 Å². The lowest BCUT2D eigenvalue weighted by atomic mass is 10.1. The third-order valence-electron chi connectivity index (χ3n) is 4.04. The molecule has 3 aromatic heterocycles. The molecule has 0 saturated carbocycles. The Kier molecular flexibility index (Phi) is 5.06. The third-order valence-corrected chi connectivity index (χ3v) is 5.87. The topological polar surface area (TPSA) is 91.7 Å². The minimum absolute atomic E-state index is 0.345. The zero-order valence-corrected chi connectivity index (χ0v) is 16.5. The van der Waals surface area contributed by atoms with Crippen LogP contribution in [-0.2, 0) is 17.8 Å². The van der Waals surface area contributed by atoms with Crippen molar-refractivity contribution in [3.63, 3.8) is 0 Å². The van der Waals surface area contributed by atoms with Crippen molar-refractivity contribution in [2.45, 2.75) is 30.1 Å². The lowest BCUT2D eigenvalue weighted by Crippen LogP contribution is -2.13. The van der Waals surface area contributed by atoms with E-state index < -0.39 is 0 Å². The maximum Gasteiger partial charge on any atom is 0.216 e. The van der Waals surface area contributed by atoms with Crippen LogP contribution in [0, 0.1) is 0 Å². The van der Waals surface area contributed by atoms with E-state index in [4.69, 9.17) is 15.6 Å². The number of aromatic nitrogens is 5. The maximum atomic E-state index is 6.13. The van der Waals surface area contributed by atoms with E-state index in [-0.39, 0.29) is 0 Å². The smallest absolute Gasteiger partial charge is 0.216 e. The highest BCUT2D eigenvalue weighted by atomic mass is 32.2. The van der Waals surface area contributed by atoms with Gasteiger partial charge in [0.1, 0.15) is 16.5 Å². The first-order valence-electron chi connectivity index (χ1n) is 8.41. The number of thiophene rings is 1. The van der Waals surface area contributed by atoms with Crippen LogP contribution in [0.3, 0.4) is 0 Å². The first kappa shape index (κ1) is 17.9. The van der Waals surface area contributed by atoms with E-state index in [0.29, 0.717) is 24.0 Å². The molecule has 3 heterocycles. The predicted molar refractivity (Wildman–Crippen MR) is 107 cm³/mol. The molecule has 4 aromatic rings. The SMILES string of the molecule is CCc1nnc(Sc2nc(COC)nc3scc(-c4ccccc4)c23)n1N. The highest BCUT2D eigenvalue weighted by molar-refractivity contribution is 7.99. The van der Waals surface area contributed by atoms with Gasteiger partial charge in [0, 0.05) is 24.5 Å². The molecule has 0 saturated heterocycles. The molecule has 0 aliphatic rings. The Labute approximate surface area is 164 Å². The van der Waals surface area contributed by atoms with Gasteiger partial charge >= 0.3 is 0 Å². The minimum Gasteiger partial charge on any atom is -0.377 e. The summed E-state index contributed by atoms with van der Waals surface area (Å²) in [7, 11) is 1.63. The number of aryl methyl sites for hydroxylation is 1. The van der Waals surface area contributed by atoms with E-state index in [9.17, 15) is 0 Å². The van der Waals surface area contributed by atoms with Gasteiger partial charge in [-0.2, -0.15) is 0 Å². The van der Waals surface area contributed by atoms with Crippen LogP contribution in [0.4, 0.5) is 0 Å². The van der Waals surface area contributed by atoms with Crippen LogP contribution in [0.1, 0.15) is 18.6 Å². The van der Waals surface area contributed by atoms with Crippen LogP contribution in [0.15, 0.2) is 45.9 Å². The summed E-state index contributed by atoms with van der Waals surface area (Å²) in [5.41, 5.74) is 2.22. The lowest BCUT2D eigenvalue weighted by molar-refractivity contribution is 0.177. The Balaban J connectivity index is 1.87. The number of methoxy groups -OCH3 is 1. The first-order valence-corrected chi connectivity index (χ1v) is 10.1. The van der Waals surface area contributed by atoms with E-state index in [1.54, 1.807) is 18.4 Å². The van der Waals surface area contributed by atoms with Crippen molar-refractivity contribution in [2.24, 2.45) is 0 Å². The van der Waals surface area contributed by atoms with Gasteiger partial charge in [-0.3, -0.25) is 0 Å². The average molecular weight is 399 g/mol. The molecule has 7 nitrogen and oxygen atoms in total. The van der Waals surface area contributed by atoms with Gasteiger partial charge in [0.25, 0.3) is 0 Å². The van der Waals surface area contributed by atoms with Gasteiger partial charge in [-0.1, -0.05) is 37.3 Å². The fourth-order valence-corrected chi connectivity index (χ4v) is 4.70. The summed E-state index contributed by atoms with van der Waals surface area (Å²) in [5, 5.41) is 12.9. The summed E-state index contributed by atoms with van der Waals surface area (Å²) in [5.74, 6) is 7.49. The number of nitrogens with two attached hydrogens (primary N) is 1. The maximum absolute atomic E-state index is 6.13. The molecule has 138 valence electrons. The fourth-order valence-electron chi connectivity index (χ4n) is 2.75. The number of nitrogens with zero attached hydrogens (tertiary/aromatic N) is 5. The van der Waals surface area contributed by atoms with Crippen molar-refractivity contribution in [1.29, 1.82) is 0 Å². The fraction of sp³-hybridized carbons (Fsp3) is 0.222. The van der Waals surface area contributed by atoms with Crippen LogP contribution in [0.5, 0.6) is 0 Å². The van der Waals surface area contributed by atoms with Crippen molar-refractivity contribution >= 4 is 33.3 Å². The Morgan fingerprint density at radius 1 is 1.19 bits per heavy atom. The molecule has 0 fully saturated rings. The molecule has 0 amide bonds. The summed E-state index contributed by atoms with van der Waals surface area (Å²) in [4.78, 5) is 10.3. The largest absolute Gasteiger partial charge is 0.377 e. The van der Waals surface area contributed by atoms with Gasteiger partial charge in [0.15, 0.2) is 11.6 Å². The minimum atomic E-state index is 0.345. The standard InChI is InChI=1S/C18H18N6OS2/c1-3-14-22-23-18(24(14)19)27-17-15-12(11-7-5-4-6-8-11)10-26-16(15)20-13(21-17)9-25-2/h4-8,10H,3,9,19H2,1-2H3. The van der Waals surface area contributed by atoms with Gasteiger partial charge in [-0.05, 0) is 17.3 Å². The summed E-state index contributed by atoms with van der Waals surface area (Å²) in [6, 6.07) is 10.2. The monoisotopic (exact) mass is 398 g/mol. The molecule has 1 aromatic carbocycles. The molecule has 0 spiro atoms. The van der Waals surface area contributed by atoms with Crippen LogP contribution in [0.25, 0.3) is 21.3 Å². The second-order valence-corrected chi connectivity index (χ2v) is 7.61. The van der Waals surface area contributed by atoms with Crippen molar-refractivity contribution < 1.29 is 4.74 Å². The lowest BCUT2D eigenvalue weighted by Gasteiger charge is -2.08. The first-order chi connectivity index (χ1) is 13.2. The molecule has 9 heteroatoms. The summed E-state index contributed by atoms with van der Waals surface area (Å²) in [6.07, 6.45) is 0.714. The van der Waals surface area contributed by atoms with Crippen molar-refractivity contribution in [2.75, 3.05) is 13.0 Å². The number of fused-ring (bicyclic) bond motifs is 1. The van der Waals surface area contributed by atoms with Gasteiger partial charge in [-0.25, -0.2) is 14.6 Å². The third kappa shape index (κ3) is 3.41. The second kappa shape index (κ2) is 7.63. The molecule has 2 N–H and O–H groups in total. The second-order valence-electron chi connectivity index (χ2n) is 5.80. The highest BCUT2D eigenvalue weighted by Crippen LogP contribution is 2.40. The number of rotatable bonds is 6. The average Bonchev–Trinajstić information content (AvgIpc) is 3.27. The van der Waals surface area contributed by atoms with Gasteiger partial charge in [0.2, 0.25) is 5.16 Å². The number of nitrogen functional groups attached to an aromatic ring is 1. The van der Waals surface area contributed by atoms with Crippen molar-refractivity contribution in [3.05, 3.63) is 47.4 Å². The molecule has 27 heavy (non-hydrogen) atoms. The van der Waals surface area contributed by atoms with Crippen LogP contribution < -0.4 is 5.84 Å². The number of hydrogen-bond acceptors (Lipinski definition) is 8. The Hall–Kier alpha value is -2.49. The molecular weight excluding hydrogens is 380 g/mol. The quantitative estimate of drug-likeness (QED) is 0.392. The predicted octanol–water partition coefficient (Wildman–Crippen LogP) is 3.52. The van der Waals surface area contributed by atoms with Crippen molar-refractivity contribution in [1.82, 2.24) is 24.8 Å². The summed E-state index contributed by atoms with van der Waals surface area (Å²) >= 11 is 2.99. The molecule has 4 rings (SSSR count). The van der Waals surface area contributed by atoms with E-state index in [2.05, 4.69) is 32.7 Å². The molecule has 0 bridgehead atoms. The number of ether oxygens (including phenoxy) is 1. The Morgan fingerprint density at radius 3 is 2.70 bits per heavy atom. The Bertz CT molecular complexity index is 1080. The van der Waals surface area contributed by atoms with E-state index in [0.717, 1.165) is 32.2 Å². The summed E-state index contributed by atoms with van der Waals surface area (Å²) < 4.78 is 6.75. The molecule has 0 radical (unpaired) electrons. The summed E-state index contributed by atoms with van der Waals surface area (Å²) in [6.45, 7) is 2.34. The van der Waals surface area contributed by atoms with Gasteiger partial charge in [-0.15, -0.1) is 21.5 Å². The molecule has 0 unspecified atom stereocenters. The van der Waals surface area contributed by atoms with Crippen LogP contribution >= 0.6 is 23.1 Å². The van der Waals surface area contributed by atoms with Gasteiger partial charge in [0.05, 0.1) is 5.39 Å². The normalized spacial score (nSPS) is 11.3. The van der Waals surface area contributed by atoms with Crippen LogP contribution in [0.2, 0.25) is 0 Å². The Morgan fingerprint density at radius 2 is 2.00 bits per heavy atom. The molecular formula is C18H18N6OS2. The van der Waals surface area contributed by atoms with E-state index in [1.165, 1.54) is 16.4 Å².